The molecule has 1 atom stereocenters. The van der Waals surface area contributed by atoms with Gasteiger partial charge in [-0.15, -0.1) is 0 Å². The van der Waals surface area contributed by atoms with E-state index in [9.17, 15) is 0 Å². The van der Waals surface area contributed by atoms with E-state index in [-0.39, 0.29) is 5.54 Å². The predicted octanol–water partition coefficient (Wildman–Crippen LogP) is 2.20. The summed E-state index contributed by atoms with van der Waals surface area (Å²) in [5.41, 5.74) is 6.53. The van der Waals surface area contributed by atoms with Crippen molar-refractivity contribution in [3.63, 3.8) is 0 Å². The zero-order valence-corrected chi connectivity index (χ0v) is 11.0. The molecule has 0 spiro atoms. The van der Waals surface area contributed by atoms with E-state index in [2.05, 4.69) is 5.32 Å². The zero-order chi connectivity index (χ0) is 12.0. The van der Waals surface area contributed by atoms with Crippen molar-refractivity contribution in [2.24, 2.45) is 5.73 Å². The number of nitrogens with one attached hydrogen (secondary N) is 1. The van der Waals surface area contributed by atoms with Crippen molar-refractivity contribution in [1.82, 2.24) is 5.32 Å². The van der Waals surface area contributed by atoms with Gasteiger partial charge in [0.25, 0.3) is 0 Å². The third-order valence-corrected chi connectivity index (χ3v) is 4.30. The van der Waals surface area contributed by atoms with Gasteiger partial charge in [0.05, 0.1) is 6.10 Å². The summed E-state index contributed by atoms with van der Waals surface area (Å²) >= 11 is 0. The summed E-state index contributed by atoms with van der Waals surface area (Å²) in [6.45, 7) is 3.01. The van der Waals surface area contributed by atoms with Gasteiger partial charge in [-0.1, -0.05) is 19.3 Å². The van der Waals surface area contributed by atoms with Gasteiger partial charge in [-0.3, -0.25) is 0 Å². The monoisotopic (exact) mass is 240 g/mol. The van der Waals surface area contributed by atoms with E-state index < -0.39 is 0 Å². The minimum atomic E-state index is 0.124. The highest BCUT2D eigenvalue weighted by Crippen LogP contribution is 2.28. The van der Waals surface area contributed by atoms with Gasteiger partial charge in [-0.25, -0.2) is 0 Å². The van der Waals surface area contributed by atoms with Crippen LogP contribution in [-0.4, -0.2) is 31.3 Å². The van der Waals surface area contributed by atoms with Crippen LogP contribution in [0.5, 0.6) is 0 Å². The topological polar surface area (TPSA) is 47.3 Å². The number of hydrogen-bond donors (Lipinski definition) is 2. The standard InChI is InChI=1S/C14H28N2O/c15-14(7-3-1-4-8-14)9-10-16-12-13-6-2-5-11-17-13/h13,16H,1-12,15H2. The van der Waals surface area contributed by atoms with Crippen molar-refractivity contribution in [3.05, 3.63) is 0 Å². The van der Waals surface area contributed by atoms with Gasteiger partial charge in [-0.2, -0.15) is 0 Å². The van der Waals surface area contributed by atoms with Crippen molar-refractivity contribution in [1.29, 1.82) is 0 Å². The molecule has 3 N–H and O–H groups in total. The molecular weight excluding hydrogens is 212 g/mol. The number of rotatable bonds is 5. The molecule has 0 bridgehead atoms. The summed E-state index contributed by atoms with van der Waals surface area (Å²) in [5.74, 6) is 0. The molecule has 100 valence electrons. The van der Waals surface area contributed by atoms with Crippen LogP contribution < -0.4 is 11.1 Å². The summed E-state index contributed by atoms with van der Waals surface area (Å²) in [4.78, 5) is 0. The van der Waals surface area contributed by atoms with Crippen LogP contribution in [0.2, 0.25) is 0 Å². The quantitative estimate of drug-likeness (QED) is 0.724. The lowest BCUT2D eigenvalue weighted by molar-refractivity contribution is 0.0167. The molecule has 2 fully saturated rings. The molecule has 1 heterocycles. The highest BCUT2D eigenvalue weighted by molar-refractivity contribution is 4.87. The molecule has 17 heavy (non-hydrogen) atoms. The Hall–Kier alpha value is -0.120. The molecule has 1 unspecified atom stereocenters. The van der Waals surface area contributed by atoms with Crippen LogP contribution in [0.1, 0.15) is 57.8 Å². The van der Waals surface area contributed by atoms with Gasteiger partial charge in [-0.05, 0) is 45.1 Å². The van der Waals surface area contributed by atoms with Crippen molar-refractivity contribution < 1.29 is 4.74 Å². The van der Waals surface area contributed by atoms with Crippen LogP contribution in [0, 0.1) is 0 Å². The maximum absolute atomic E-state index is 6.41. The summed E-state index contributed by atoms with van der Waals surface area (Å²) < 4.78 is 5.70. The first-order valence-electron chi connectivity index (χ1n) is 7.40. The van der Waals surface area contributed by atoms with Crippen LogP contribution in [0.3, 0.4) is 0 Å². The second kappa shape index (κ2) is 6.72. The lowest BCUT2D eigenvalue weighted by Gasteiger charge is -2.33. The van der Waals surface area contributed by atoms with Gasteiger partial charge in [0.1, 0.15) is 0 Å². The third-order valence-electron chi connectivity index (χ3n) is 4.30. The van der Waals surface area contributed by atoms with Crippen LogP contribution in [0.25, 0.3) is 0 Å². The Bertz CT molecular complexity index is 208. The van der Waals surface area contributed by atoms with Crippen LogP contribution in [0.4, 0.5) is 0 Å². The Labute approximate surface area is 105 Å². The second-order valence-corrected chi connectivity index (χ2v) is 5.87. The maximum Gasteiger partial charge on any atom is 0.0699 e. The normalized spacial score (nSPS) is 29.1. The zero-order valence-electron chi connectivity index (χ0n) is 11.0. The van der Waals surface area contributed by atoms with Crippen LogP contribution in [-0.2, 0) is 4.74 Å². The third kappa shape index (κ3) is 4.57. The fraction of sp³-hybridized carbons (Fsp3) is 1.00. The Morgan fingerprint density at radius 2 is 1.94 bits per heavy atom. The Morgan fingerprint density at radius 3 is 2.65 bits per heavy atom. The van der Waals surface area contributed by atoms with Gasteiger partial charge in [0, 0.05) is 18.7 Å². The molecule has 1 aliphatic carbocycles. The van der Waals surface area contributed by atoms with E-state index in [1.54, 1.807) is 0 Å². The molecule has 2 aliphatic rings. The second-order valence-electron chi connectivity index (χ2n) is 5.87. The molecule has 0 radical (unpaired) electrons. The van der Waals surface area contributed by atoms with Crippen molar-refractivity contribution in [2.45, 2.75) is 69.4 Å². The van der Waals surface area contributed by atoms with Crippen LogP contribution >= 0.6 is 0 Å². The van der Waals surface area contributed by atoms with E-state index in [4.69, 9.17) is 10.5 Å². The van der Waals surface area contributed by atoms with Crippen LogP contribution in [0.15, 0.2) is 0 Å². The van der Waals surface area contributed by atoms with Gasteiger partial charge in [0.2, 0.25) is 0 Å². The fourth-order valence-electron chi connectivity index (χ4n) is 3.07. The summed E-state index contributed by atoms with van der Waals surface area (Å²) in [6, 6.07) is 0. The average molecular weight is 240 g/mol. The average Bonchev–Trinajstić information content (AvgIpc) is 2.37. The smallest absolute Gasteiger partial charge is 0.0699 e. The molecule has 1 aliphatic heterocycles. The maximum atomic E-state index is 6.41. The molecule has 3 heteroatoms. The first-order valence-corrected chi connectivity index (χ1v) is 7.40. The Kier molecular flexibility index (Phi) is 5.26. The Balaban J connectivity index is 1.55. The summed E-state index contributed by atoms with van der Waals surface area (Å²) in [6.07, 6.45) is 11.8. The van der Waals surface area contributed by atoms with Gasteiger partial charge >= 0.3 is 0 Å². The van der Waals surface area contributed by atoms with E-state index in [0.29, 0.717) is 6.10 Å². The lowest BCUT2D eigenvalue weighted by Crippen LogP contribution is -2.44. The molecule has 0 amide bonds. The molecule has 3 nitrogen and oxygen atoms in total. The number of hydrogen-bond acceptors (Lipinski definition) is 3. The number of ether oxygens (including phenoxy) is 1. The fourth-order valence-corrected chi connectivity index (χ4v) is 3.07. The van der Waals surface area contributed by atoms with Crippen molar-refractivity contribution in [2.75, 3.05) is 19.7 Å². The van der Waals surface area contributed by atoms with E-state index in [1.807, 2.05) is 0 Å². The lowest BCUT2D eigenvalue weighted by atomic mass is 9.80. The molecule has 2 rings (SSSR count). The largest absolute Gasteiger partial charge is 0.377 e. The molecule has 1 saturated heterocycles. The van der Waals surface area contributed by atoms with E-state index in [1.165, 1.54) is 51.4 Å². The molecule has 0 aromatic rings. The van der Waals surface area contributed by atoms with E-state index in [0.717, 1.165) is 26.1 Å². The molecule has 0 aromatic carbocycles. The van der Waals surface area contributed by atoms with E-state index >= 15 is 0 Å². The molecular formula is C14H28N2O. The Morgan fingerprint density at radius 1 is 1.12 bits per heavy atom. The summed E-state index contributed by atoms with van der Waals surface area (Å²) in [5, 5.41) is 3.52. The molecule has 0 aromatic heterocycles. The minimum Gasteiger partial charge on any atom is -0.377 e. The first kappa shape index (κ1) is 13.3. The van der Waals surface area contributed by atoms with Gasteiger partial charge < -0.3 is 15.8 Å². The van der Waals surface area contributed by atoms with Gasteiger partial charge in [0.15, 0.2) is 0 Å². The molecule has 1 saturated carbocycles. The highest BCUT2D eigenvalue weighted by Gasteiger charge is 2.26. The SMILES string of the molecule is NC1(CCNCC2CCCCO2)CCCCC1. The number of nitrogens with two attached hydrogens (primary N) is 1. The highest BCUT2D eigenvalue weighted by atomic mass is 16.5. The first-order chi connectivity index (χ1) is 8.29. The summed E-state index contributed by atoms with van der Waals surface area (Å²) in [7, 11) is 0. The van der Waals surface area contributed by atoms with Crippen molar-refractivity contribution in [3.8, 4) is 0 Å². The van der Waals surface area contributed by atoms with Crippen molar-refractivity contribution >= 4 is 0 Å². The minimum absolute atomic E-state index is 0.124. The predicted molar refractivity (Wildman–Crippen MR) is 71.1 cm³/mol.